The maximum atomic E-state index is 14.1. The fourth-order valence-corrected chi connectivity index (χ4v) is 6.36. The van der Waals surface area contributed by atoms with Crippen LogP contribution in [0.3, 0.4) is 0 Å². The molecule has 47 heavy (non-hydrogen) atoms. The Hall–Kier alpha value is -6.25. The highest BCUT2D eigenvalue weighted by Crippen LogP contribution is 2.48. The number of carbonyl (C=O) groups is 1. The Morgan fingerprint density at radius 1 is 0.894 bits per heavy atom. The molecule has 1 unspecified atom stereocenters. The topological polar surface area (TPSA) is 187 Å². The van der Waals surface area contributed by atoms with Gasteiger partial charge in [0.15, 0.2) is 5.78 Å². The van der Waals surface area contributed by atoms with Crippen molar-refractivity contribution in [1.82, 2.24) is 24.4 Å². The lowest BCUT2D eigenvalue weighted by Crippen LogP contribution is -2.37. The lowest BCUT2D eigenvalue weighted by Gasteiger charge is -2.30. The molecule has 3 heterocycles. The molecular weight excluding hydrogens is 610 g/mol. The van der Waals surface area contributed by atoms with Gasteiger partial charge in [-0.2, -0.15) is 0 Å². The molecule has 1 atom stereocenters. The van der Waals surface area contributed by atoms with Crippen LogP contribution in [0.5, 0.6) is 5.75 Å². The van der Waals surface area contributed by atoms with Gasteiger partial charge in [0.1, 0.15) is 24.1 Å². The second-order valence-corrected chi connectivity index (χ2v) is 12.2. The van der Waals surface area contributed by atoms with E-state index < -0.39 is 32.4 Å². The summed E-state index contributed by atoms with van der Waals surface area (Å²) < 4.78 is 9.92. The first-order valence-corrected chi connectivity index (χ1v) is 14.5. The minimum Gasteiger partial charge on any atom is -0.487 e. The molecule has 5 aromatic rings. The summed E-state index contributed by atoms with van der Waals surface area (Å²) in [6.07, 6.45) is 1.97. The van der Waals surface area contributed by atoms with Crippen LogP contribution >= 0.6 is 0 Å². The zero-order chi connectivity index (χ0) is 33.2. The molecule has 3 aromatic carbocycles. The lowest BCUT2D eigenvalue weighted by molar-refractivity contribution is -0.385. The first-order valence-electron chi connectivity index (χ1n) is 14.5. The number of nitro groups is 2. The SMILES string of the molecule is CC1(C)CC(=O)C2=C(C1)n1c(=O)c3ccccc3c(=O)n1C2c1cc([N+](=O)[O-])ccc1OCc1cn(-c2cccc([N+](=O)[O-])c2)nn1. The third-order valence-corrected chi connectivity index (χ3v) is 8.39. The summed E-state index contributed by atoms with van der Waals surface area (Å²) in [4.78, 5) is 63.9. The Labute approximate surface area is 264 Å². The van der Waals surface area contributed by atoms with E-state index in [-0.39, 0.29) is 57.8 Å². The van der Waals surface area contributed by atoms with Crippen LogP contribution in [0, 0.1) is 25.6 Å². The van der Waals surface area contributed by atoms with Gasteiger partial charge in [-0.05, 0) is 36.1 Å². The maximum Gasteiger partial charge on any atom is 0.277 e. The highest BCUT2D eigenvalue weighted by Gasteiger charge is 2.46. The summed E-state index contributed by atoms with van der Waals surface area (Å²) >= 11 is 0. The van der Waals surface area contributed by atoms with Crippen molar-refractivity contribution in [3.8, 4) is 11.4 Å². The van der Waals surface area contributed by atoms with Gasteiger partial charge in [0.2, 0.25) is 0 Å². The van der Waals surface area contributed by atoms with Crippen molar-refractivity contribution in [2.75, 3.05) is 0 Å². The van der Waals surface area contributed by atoms with E-state index in [0.717, 1.165) is 0 Å². The van der Waals surface area contributed by atoms with Gasteiger partial charge in [0.25, 0.3) is 22.5 Å². The monoisotopic (exact) mass is 635 g/mol. The minimum atomic E-state index is -1.19. The molecule has 0 saturated heterocycles. The van der Waals surface area contributed by atoms with Crippen LogP contribution in [0.2, 0.25) is 0 Å². The summed E-state index contributed by atoms with van der Waals surface area (Å²) in [5.41, 5.74) is -0.507. The molecule has 236 valence electrons. The van der Waals surface area contributed by atoms with Gasteiger partial charge < -0.3 is 4.74 Å². The van der Waals surface area contributed by atoms with Crippen molar-refractivity contribution < 1.29 is 19.4 Å². The van der Waals surface area contributed by atoms with Gasteiger partial charge in [-0.15, -0.1) is 5.10 Å². The zero-order valence-corrected chi connectivity index (χ0v) is 25.0. The average Bonchev–Trinajstić information content (AvgIpc) is 3.65. The van der Waals surface area contributed by atoms with Gasteiger partial charge in [0, 0.05) is 41.8 Å². The number of aromatic nitrogens is 5. The van der Waals surface area contributed by atoms with Gasteiger partial charge in [-0.3, -0.25) is 34.6 Å². The number of carbonyl (C=O) groups excluding carboxylic acids is 1. The molecule has 2 aromatic heterocycles. The number of benzene rings is 3. The lowest BCUT2D eigenvalue weighted by atomic mass is 9.74. The van der Waals surface area contributed by atoms with Gasteiger partial charge in [0.05, 0.1) is 38.2 Å². The third kappa shape index (κ3) is 4.88. The number of ether oxygens (including phenoxy) is 1. The van der Waals surface area contributed by atoms with E-state index in [2.05, 4.69) is 10.3 Å². The molecule has 0 saturated carbocycles. The van der Waals surface area contributed by atoms with Crippen molar-refractivity contribution in [1.29, 1.82) is 0 Å². The van der Waals surface area contributed by atoms with E-state index in [1.54, 1.807) is 24.3 Å². The van der Waals surface area contributed by atoms with Crippen LogP contribution in [-0.4, -0.2) is 40.0 Å². The Morgan fingerprint density at radius 3 is 2.32 bits per heavy atom. The molecule has 0 fully saturated rings. The molecular formula is C32H25N7O8. The molecule has 2 aliphatic rings. The van der Waals surface area contributed by atoms with E-state index in [1.807, 2.05) is 13.8 Å². The van der Waals surface area contributed by atoms with E-state index in [0.29, 0.717) is 23.5 Å². The predicted molar refractivity (Wildman–Crippen MR) is 167 cm³/mol. The van der Waals surface area contributed by atoms with Crippen molar-refractivity contribution in [2.45, 2.75) is 39.3 Å². The molecule has 0 bridgehead atoms. The van der Waals surface area contributed by atoms with Crippen LogP contribution in [0.1, 0.15) is 44.0 Å². The molecule has 1 aliphatic heterocycles. The normalized spacial score (nSPS) is 16.6. The van der Waals surface area contributed by atoms with Crippen LogP contribution in [0.25, 0.3) is 22.2 Å². The summed E-state index contributed by atoms with van der Waals surface area (Å²) in [5.74, 6) is -0.159. The number of ketones is 1. The fourth-order valence-electron chi connectivity index (χ4n) is 6.36. The summed E-state index contributed by atoms with van der Waals surface area (Å²) in [6, 6.07) is 14.9. The molecule has 0 N–H and O–H groups in total. The predicted octanol–water partition coefficient (Wildman–Crippen LogP) is 4.34. The van der Waals surface area contributed by atoms with E-state index in [9.17, 15) is 34.6 Å². The maximum absolute atomic E-state index is 14.1. The van der Waals surface area contributed by atoms with Crippen LogP contribution in [-0.2, 0) is 11.4 Å². The number of hydrogen-bond acceptors (Lipinski definition) is 10. The van der Waals surface area contributed by atoms with Crippen molar-refractivity contribution in [2.24, 2.45) is 5.41 Å². The summed E-state index contributed by atoms with van der Waals surface area (Å²) in [6.45, 7) is 3.62. The number of rotatable bonds is 7. The van der Waals surface area contributed by atoms with E-state index in [1.165, 1.54) is 62.7 Å². The average molecular weight is 636 g/mol. The number of non-ortho nitro benzene ring substituents is 2. The molecule has 0 spiro atoms. The minimum absolute atomic E-state index is 0.121. The summed E-state index contributed by atoms with van der Waals surface area (Å²) in [5, 5.41) is 31.6. The Bertz CT molecular complexity index is 2330. The highest BCUT2D eigenvalue weighted by molar-refractivity contribution is 6.05. The Morgan fingerprint density at radius 2 is 1.60 bits per heavy atom. The van der Waals surface area contributed by atoms with Crippen molar-refractivity contribution >= 4 is 33.6 Å². The smallest absolute Gasteiger partial charge is 0.277 e. The molecule has 0 radical (unpaired) electrons. The Kier molecular flexibility index (Phi) is 6.70. The first-order chi connectivity index (χ1) is 22.4. The second-order valence-electron chi connectivity index (χ2n) is 12.2. The third-order valence-electron chi connectivity index (χ3n) is 8.39. The zero-order valence-electron chi connectivity index (χ0n) is 25.0. The van der Waals surface area contributed by atoms with Crippen LogP contribution in [0.4, 0.5) is 11.4 Å². The standard InChI is InChI=1S/C32H25N7O8/c1-32(2)14-25-28(26(40)15-32)29(37-31(42)23-9-4-3-8-22(23)30(41)36(25)37)24-13-21(39(45)46)10-11-27(24)47-17-18-16-35(34-33-18)19-6-5-7-20(12-19)38(43)44/h3-13,16,29H,14-15,17H2,1-2H3. The number of Topliss-reactive ketones (excluding diaryl/α,β-unsaturated/α-hetero) is 1. The van der Waals surface area contributed by atoms with Gasteiger partial charge in [-0.25, -0.2) is 14.0 Å². The number of hydrogen-bond donors (Lipinski definition) is 0. The largest absolute Gasteiger partial charge is 0.487 e. The number of allylic oxidation sites excluding steroid dienone is 2. The van der Waals surface area contributed by atoms with Crippen molar-refractivity contribution in [3.05, 3.63) is 131 Å². The summed E-state index contributed by atoms with van der Waals surface area (Å²) in [7, 11) is 0. The molecule has 15 heteroatoms. The Balaban J connectivity index is 1.36. The molecule has 0 amide bonds. The number of nitro benzene ring substituents is 2. The number of fused-ring (bicyclic) bond motifs is 3. The molecule has 15 nitrogen and oxygen atoms in total. The quantitative estimate of drug-likeness (QED) is 0.184. The first kappa shape index (κ1) is 29.5. The number of nitrogens with zero attached hydrogens (tertiary/aromatic N) is 7. The van der Waals surface area contributed by atoms with Crippen LogP contribution in [0.15, 0.2) is 88.1 Å². The van der Waals surface area contributed by atoms with E-state index in [4.69, 9.17) is 4.74 Å². The fraction of sp³-hybridized carbons (Fsp3) is 0.219. The van der Waals surface area contributed by atoms with Gasteiger partial charge >= 0.3 is 0 Å². The second kappa shape index (κ2) is 10.7. The van der Waals surface area contributed by atoms with E-state index >= 15 is 0 Å². The van der Waals surface area contributed by atoms with Crippen LogP contribution < -0.4 is 15.9 Å². The highest BCUT2D eigenvalue weighted by atomic mass is 16.6. The van der Waals surface area contributed by atoms with Crippen molar-refractivity contribution in [3.63, 3.8) is 0 Å². The molecule has 1 aliphatic carbocycles. The van der Waals surface area contributed by atoms with Gasteiger partial charge in [-0.1, -0.05) is 37.3 Å². The molecule has 7 rings (SSSR count).